The average molecular weight is 829 g/mol. The number of H-pyrrole nitrogens is 1. The molecule has 6 aromatic rings. The van der Waals surface area contributed by atoms with Crippen LogP contribution in [0.1, 0.15) is 41.9 Å². The maximum absolute atomic E-state index is 14.9. The summed E-state index contributed by atoms with van der Waals surface area (Å²) >= 11 is 19.6. The Hall–Kier alpha value is -5.20. The van der Waals surface area contributed by atoms with Gasteiger partial charge in [-0.2, -0.15) is 0 Å². The first-order valence-corrected chi connectivity index (χ1v) is 19.8. The first kappa shape index (κ1) is 40.0. The largest absolute Gasteiger partial charge is 0.491 e. The maximum Gasteiger partial charge on any atom is 0.317 e. The number of nitrogens with one attached hydrogen (secondary N) is 3. The second-order valence-electron chi connectivity index (χ2n) is 14.2. The lowest BCUT2D eigenvalue weighted by atomic mass is 9.99. The molecule has 3 N–H and O–H groups in total. The second kappa shape index (κ2) is 17.5. The van der Waals surface area contributed by atoms with Crippen LogP contribution in [0.3, 0.4) is 0 Å². The Labute approximate surface area is 346 Å². The monoisotopic (exact) mass is 827 g/mol. The van der Waals surface area contributed by atoms with E-state index in [9.17, 15) is 9.59 Å². The van der Waals surface area contributed by atoms with E-state index in [0.29, 0.717) is 75.3 Å². The number of carbonyl (C=O) groups is 2. The van der Waals surface area contributed by atoms with Gasteiger partial charge < -0.3 is 39.5 Å². The van der Waals surface area contributed by atoms with E-state index in [-0.39, 0.29) is 24.0 Å². The third kappa shape index (κ3) is 8.72. The van der Waals surface area contributed by atoms with Gasteiger partial charge in [-0.1, -0.05) is 77.3 Å². The predicted molar refractivity (Wildman–Crippen MR) is 229 cm³/mol. The molecular formula is C43H44Cl3N7O4. The van der Waals surface area contributed by atoms with Gasteiger partial charge in [-0.05, 0) is 61.7 Å². The van der Waals surface area contributed by atoms with Crippen molar-refractivity contribution in [2.75, 3.05) is 57.7 Å². The number of ether oxygens (including phenoxy) is 2. The van der Waals surface area contributed by atoms with Crippen molar-refractivity contribution in [1.82, 2.24) is 24.8 Å². The molecule has 3 amide bonds. The minimum absolute atomic E-state index is 0.0420. The zero-order chi connectivity index (χ0) is 40.2. The SMILES string of the molecule is COCCOc1ccc(N2CCC(NC(=O)N(C)C)CC2)c(NC(=O)c2[nH]c3cc(Cl)ccc3c2-c2c(-c3ccccc3)ncn2[C@@H](C)c2ccc(Cl)cc2Cl)c1. The molecule has 57 heavy (non-hydrogen) atoms. The molecule has 14 heteroatoms. The number of carbonyl (C=O) groups excluding carboxylic acids is 2. The fourth-order valence-corrected chi connectivity index (χ4v) is 8.00. The summed E-state index contributed by atoms with van der Waals surface area (Å²) in [5.41, 5.74) is 6.20. The number of hydrogen-bond acceptors (Lipinski definition) is 6. The smallest absolute Gasteiger partial charge is 0.317 e. The number of benzene rings is 4. The number of piperidine rings is 1. The standard InChI is InChI=1S/C43H44Cl3N7O4/c1-26(32-13-10-28(44)22-34(32)46)53-25-47-39(27-8-6-5-7-9-27)41(53)38-33-14-11-29(45)23-35(33)49-40(38)42(54)50-36-24-31(57-21-20-56-4)12-15-37(36)52-18-16-30(17-19-52)48-43(55)51(2)3/h5-15,22-26,30,49H,16-21H2,1-4H3,(H,48,55)(H,50,54)/t26-/m0/s1. The zero-order valence-corrected chi connectivity index (χ0v) is 34.4. The van der Waals surface area contributed by atoms with E-state index in [0.717, 1.165) is 40.7 Å². The molecule has 3 heterocycles. The summed E-state index contributed by atoms with van der Waals surface area (Å²) in [7, 11) is 5.08. The molecule has 1 aliphatic heterocycles. The number of fused-ring (bicyclic) bond motifs is 1. The number of halogens is 3. The Morgan fingerprint density at radius 2 is 1.68 bits per heavy atom. The van der Waals surface area contributed by atoms with Crippen molar-refractivity contribution in [3.8, 4) is 28.3 Å². The topological polar surface area (TPSA) is 117 Å². The van der Waals surface area contributed by atoms with Crippen molar-refractivity contribution in [1.29, 1.82) is 0 Å². The van der Waals surface area contributed by atoms with E-state index in [1.54, 1.807) is 33.6 Å². The first-order chi connectivity index (χ1) is 27.5. The number of rotatable bonds is 12. The Balaban J connectivity index is 1.32. The van der Waals surface area contributed by atoms with Crippen LogP contribution in [0.4, 0.5) is 16.2 Å². The number of nitrogens with zero attached hydrogens (tertiary/aromatic N) is 4. The van der Waals surface area contributed by atoms with E-state index in [2.05, 4.69) is 20.5 Å². The van der Waals surface area contributed by atoms with Gasteiger partial charge in [0.15, 0.2) is 0 Å². The Morgan fingerprint density at radius 3 is 2.40 bits per heavy atom. The first-order valence-electron chi connectivity index (χ1n) is 18.7. The third-order valence-electron chi connectivity index (χ3n) is 10.2. The number of aromatic nitrogens is 3. The average Bonchev–Trinajstić information content (AvgIpc) is 3.80. The molecule has 0 radical (unpaired) electrons. The molecule has 0 aliphatic carbocycles. The van der Waals surface area contributed by atoms with Gasteiger partial charge >= 0.3 is 6.03 Å². The van der Waals surface area contributed by atoms with Gasteiger partial charge in [0.2, 0.25) is 0 Å². The highest BCUT2D eigenvalue weighted by Crippen LogP contribution is 2.43. The lowest BCUT2D eigenvalue weighted by Crippen LogP contribution is -2.47. The summed E-state index contributed by atoms with van der Waals surface area (Å²) in [6.45, 7) is 4.14. The molecule has 2 aromatic heterocycles. The number of anilines is 2. The van der Waals surface area contributed by atoms with Gasteiger partial charge in [0, 0.05) is 83.5 Å². The number of imidazole rings is 1. The number of hydrogen-bond donors (Lipinski definition) is 3. The van der Waals surface area contributed by atoms with Gasteiger partial charge in [-0.25, -0.2) is 9.78 Å². The lowest BCUT2D eigenvalue weighted by Gasteiger charge is -2.35. The van der Waals surface area contributed by atoms with Crippen LogP contribution in [0.25, 0.3) is 33.4 Å². The molecule has 0 saturated carbocycles. The fraction of sp³-hybridized carbons (Fsp3) is 0.279. The van der Waals surface area contributed by atoms with Crippen LogP contribution >= 0.6 is 34.8 Å². The van der Waals surface area contributed by atoms with E-state index in [1.165, 1.54) is 4.90 Å². The minimum Gasteiger partial charge on any atom is -0.491 e. The molecule has 0 unspecified atom stereocenters. The summed E-state index contributed by atoms with van der Waals surface area (Å²) in [5.74, 6) is 0.214. The van der Waals surface area contributed by atoms with Gasteiger partial charge in [-0.3, -0.25) is 4.79 Å². The number of amides is 3. The molecule has 1 atom stereocenters. The number of urea groups is 1. The number of methoxy groups -OCH3 is 1. The van der Waals surface area contributed by atoms with Crippen LogP contribution < -0.4 is 20.3 Å². The lowest BCUT2D eigenvalue weighted by molar-refractivity contribution is 0.102. The molecule has 11 nitrogen and oxygen atoms in total. The van der Waals surface area contributed by atoms with Crippen molar-refractivity contribution in [3.63, 3.8) is 0 Å². The molecular weight excluding hydrogens is 785 g/mol. The van der Waals surface area contributed by atoms with E-state index in [1.807, 2.05) is 90.4 Å². The highest BCUT2D eigenvalue weighted by atomic mass is 35.5. The number of aromatic amines is 1. The van der Waals surface area contributed by atoms with Gasteiger partial charge in [-0.15, -0.1) is 0 Å². The Kier molecular flexibility index (Phi) is 12.3. The predicted octanol–water partition coefficient (Wildman–Crippen LogP) is 9.79. The van der Waals surface area contributed by atoms with Crippen molar-refractivity contribution in [3.05, 3.63) is 118 Å². The van der Waals surface area contributed by atoms with Crippen molar-refractivity contribution < 1.29 is 19.1 Å². The van der Waals surface area contributed by atoms with Crippen LogP contribution in [0.2, 0.25) is 15.1 Å². The van der Waals surface area contributed by atoms with Gasteiger partial charge in [0.1, 0.15) is 18.1 Å². The normalized spacial score (nSPS) is 13.8. The fourth-order valence-electron chi connectivity index (χ4n) is 7.26. The van der Waals surface area contributed by atoms with Crippen LogP contribution in [-0.2, 0) is 4.74 Å². The van der Waals surface area contributed by atoms with Crippen molar-refractivity contribution >= 4 is 69.0 Å². The van der Waals surface area contributed by atoms with Crippen LogP contribution in [0.5, 0.6) is 5.75 Å². The van der Waals surface area contributed by atoms with Gasteiger partial charge in [0.05, 0.1) is 41.7 Å². The molecule has 296 valence electrons. The molecule has 1 fully saturated rings. The molecule has 0 bridgehead atoms. The summed E-state index contributed by atoms with van der Waals surface area (Å²) in [6, 6.07) is 26.2. The van der Waals surface area contributed by atoms with Gasteiger partial charge in [0.25, 0.3) is 5.91 Å². The summed E-state index contributed by atoms with van der Waals surface area (Å²) < 4.78 is 13.3. The van der Waals surface area contributed by atoms with E-state index >= 15 is 0 Å². The molecule has 0 spiro atoms. The van der Waals surface area contributed by atoms with E-state index in [4.69, 9.17) is 49.3 Å². The highest BCUT2D eigenvalue weighted by Gasteiger charge is 2.30. The second-order valence-corrected chi connectivity index (χ2v) is 15.5. The van der Waals surface area contributed by atoms with Crippen LogP contribution in [0.15, 0.2) is 91.3 Å². The van der Waals surface area contributed by atoms with Crippen molar-refractivity contribution in [2.24, 2.45) is 0 Å². The van der Waals surface area contributed by atoms with Crippen molar-refractivity contribution in [2.45, 2.75) is 31.8 Å². The molecule has 1 saturated heterocycles. The summed E-state index contributed by atoms with van der Waals surface area (Å²) in [4.78, 5) is 39.5. The Morgan fingerprint density at radius 1 is 0.947 bits per heavy atom. The van der Waals surface area contributed by atoms with Crippen LogP contribution in [0, 0.1) is 0 Å². The molecule has 1 aliphatic rings. The molecule has 7 rings (SSSR count). The summed E-state index contributed by atoms with van der Waals surface area (Å²) in [6.07, 6.45) is 3.27. The minimum atomic E-state index is -0.371. The quantitative estimate of drug-likeness (QED) is 0.106. The van der Waals surface area contributed by atoms with Crippen LogP contribution in [-0.4, -0.2) is 84.9 Å². The Bertz CT molecular complexity index is 2390. The maximum atomic E-state index is 14.9. The third-order valence-corrected chi connectivity index (χ3v) is 11.0. The van der Waals surface area contributed by atoms with E-state index < -0.39 is 0 Å². The summed E-state index contributed by atoms with van der Waals surface area (Å²) in [5, 5.41) is 8.71. The highest BCUT2D eigenvalue weighted by molar-refractivity contribution is 6.35. The zero-order valence-electron chi connectivity index (χ0n) is 32.1. The molecule has 4 aromatic carbocycles.